The molecule has 2 unspecified atom stereocenters. The van der Waals surface area contributed by atoms with E-state index >= 15 is 0 Å². The van der Waals surface area contributed by atoms with E-state index in [2.05, 4.69) is 44.7 Å². The highest BCUT2D eigenvalue weighted by Crippen LogP contribution is 2.55. The van der Waals surface area contributed by atoms with Crippen LogP contribution in [0.1, 0.15) is 55.2 Å². The molecule has 6 heteroatoms. The van der Waals surface area contributed by atoms with Crippen LogP contribution >= 0.6 is 0 Å². The summed E-state index contributed by atoms with van der Waals surface area (Å²) in [6.07, 6.45) is 9.22. The minimum Gasteiger partial charge on any atom is -0.371 e. The average Bonchev–Trinajstić information content (AvgIpc) is 3.47. The van der Waals surface area contributed by atoms with Gasteiger partial charge in [-0.3, -0.25) is 0 Å². The van der Waals surface area contributed by atoms with Gasteiger partial charge in [-0.05, 0) is 66.3 Å². The number of rotatable bonds is 4. The zero-order valence-corrected chi connectivity index (χ0v) is 17.6. The van der Waals surface area contributed by atoms with Gasteiger partial charge in [0.15, 0.2) is 11.6 Å². The normalized spacial score (nSPS) is 22.3. The summed E-state index contributed by atoms with van der Waals surface area (Å²) in [6.45, 7) is 8.42. The second-order valence-corrected chi connectivity index (χ2v) is 9.34. The average molecular weight is 404 g/mol. The third kappa shape index (κ3) is 3.55. The molecule has 1 aliphatic heterocycles. The Labute approximate surface area is 176 Å². The lowest BCUT2D eigenvalue weighted by molar-refractivity contribution is 0.418. The van der Waals surface area contributed by atoms with Crippen molar-refractivity contribution in [1.82, 2.24) is 19.9 Å². The Hall–Kier alpha value is -2.89. The largest absolute Gasteiger partial charge is 0.371 e. The molecular weight excluding hydrogens is 377 g/mol. The second kappa shape index (κ2) is 7.11. The second-order valence-electron chi connectivity index (χ2n) is 9.34. The van der Waals surface area contributed by atoms with Gasteiger partial charge in [-0.15, -0.1) is 0 Å². The fourth-order valence-electron chi connectivity index (χ4n) is 4.54. The topological polar surface area (TPSA) is 54.8 Å². The van der Waals surface area contributed by atoms with Crippen LogP contribution in [0.15, 0.2) is 43.0 Å². The first-order valence-electron chi connectivity index (χ1n) is 10.6. The van der Waals surface area contributed by atoms with Crippen LogP contribution in [0, 0.1) is 18.2 Å². The van der Waals surface area contributed by atoms with Crippen LogP contribution in [-0.4, -0.2) is 33.0 Å². The molecule has 0 N–H and O–H groups in total. The maximum absolute atomic E-state index is 14.8. The van der Waals surface area contributed by atoms with Crippen molar-refractivity contribution in [2.45, 2.75) is 45.4 Å². The number of halogens is 1. The molecular formula is C24H26FN5. The Morgan fingerprint density at radius 3 is 2.30 bits per heavy atom. The third-order valence-electron chi connectivity index (χ3n) is 6.44. The van der Waals surface area contributed by atoms with E-state index in [0.29, 0.717) is 23.5 Å². The van der Waals surface area contributed by atoms with E-state index in [4.69, 9.17) is 0 Å². The van der Waals surface area contributed by atoms with E-state index in [1.165, 1.54) is 0 Å². The predicted octanol–water partition coefficient (Wildman–Crippen LogP) is 4.89. The number of hydrogen-bond acceptors (Lipinski definition) is 5. The van der Waals surface area contributed by atoms with E-state index < -0.39 is 0 Å². The molecule has 2 aromatic heterocycles. The molecule has 1 aliphatic carbocycles. The van der Waals surface area contributed by atoms with Gasteiger partial charge >= 0.3 is 0 Å². The number of anilines is 1. The van der Waals surface area contributed by atoms with E-state index in [1.807, 2.05) is 19.3 Å². The molecule has 2 aliphatic rings. The molecule has 2 fully saturated rings. The Morgan fingerprint density at radius 2 is 1.63 bits per heavy atom. The van der Waals surface area contributed by atoms with E-state index in [-0.39, 0.29) is 11.2 Å². The minimum absolute atomic E-state index is 0.106. The summed E-state index contributed by atoms with van der Waals surface area (Å²) in [5.41, 5.74) is 4.25. The van der Waals surface area contributed by atoms with Gasteiger partial charge in [0.2, 0.25) is 0 Å². The number of benzene rings is 1. The maximum atomic E-state index is 14.8. The molecule has 3 heterocycles. The molecule has 0 amide bonds. The van der Waals surface area contributed by atoms with Gasteiger partial charge in [-0.2, -0.15) is 0 Å². The molecule has 2 atom stereocenters. The van der Waals surface area contributed by atoms with Gasteiger partial charge in [-0.1, -0.05) is 13.8 Å². The molecule has 3 aromatic rings. The van der Waals surface area contributed by atoms with Crippen LogP contribution in [0.4, 0.5) is 10.1 Å². The molecule has 0 spiro atoms. The van der Waals surface area contributed by atoms with Crippen molar-refractivity contribution in [2.24, 2.45) is 5.41 Å². The highest BCUT2D eigenvalue weighted by molar-refractivity contribution is 5.58. The summed E-state index contributed by atoms with van der Waals surface area (Å²) in [6, 6.07) is 5.69. The van der Waals surface area contributed by atoms with Crippen molar-refractivity contribution in [2.75, 3.05) is 18.0 Å². The summed E-state index contributed by atoms with van der Waals surface area (Å²) in [7, 11) is 0. The highest BCUT2D eigenvalue weighted by atomic mass is 19.1. The molecule has 5 nitrogen and oxygen atoms in total. The van der Waals surface area contributed by atoms with Gasteiger partial charge in [0.25, 0.3) is 0 Å². The Bertz CT molecular complexity index is 1060. The quantitative estimate of drug-likeness (QED) is 0.621. The summed E-state index contributed by atoms with van der Waals surface area (Å²) >= 11 is 0. The first kappa shape index (κ1) is 19.1. The number of nitrogens with zero attached hydrogens (tertiary/aromatic N) is 5. The van der Waals surface area contributed by atoms with Crippen LogP contribution in [0.2, 0.25) is 0 Å². The van der Waals surface area contributed by atoms with Gasteiger partial charge in [0, 0.05) is 49.1 Å². The van der Waals surface area contributed by atoms with Crippen molar-refractivity contribution in [3.8, 4) is 11.6 Å². The Kier molecular flexibility index (Phi) is 4.53. The van der Waals surface area contributed by atoms with Crippen LogP contribution < -0.4 is 4.90 Å². The third-order valence-corrected chi connectivity index (χ3v) is 6.44. The maximum Gasteiger partial charge on any atom is 0.197 e. The van der Waals surface area contributed by atoms with E-state index in [0.717, 1.165) is 48.3 Å². The van der Waals surface area contributed by atoms with Gasteiger partial charge in [0.1, 0.15) is 5.82 Å². The van der Waals surface area contributed by atoms with E-state index in [1.54, 1.807) is 24.5 Å². The van der Waals surface area contributed by atoms with E-state index in [9.17, 15) is 4.39 Å². The lowest BCUT2D eigenvalue weighted by atomic mass is 9.93. The van der Waals surface area contributed by atoms with Crippen molar-refractivity contribution >= 4 is 5.69 Å². The van der Waals surface area contributed by atoms with Gasteiger partial charge < -0.3 is 4.90 Å². The van der Waals surface area contributed by atoms with Crippen molar-refractivity contribution in [3.05, 3.63) is 65.5 Å². The molecule has 0 bridgehead atoms. The fourth-order valence-corrected chi connectivity index (χ4v) is 4.54. The van der Waals surface area contributed by atoms with Crippen LogP contribution in [0.25, 0.3) is 11.6 Å². The Balaban J connectivity index is 1.36. The number of hydrogen-bond donors (Lipinski definition) is 0. The summed E-state index contributed by atoms with van der Waals surface area (Å²) in [4.78, 5) is 19.6. The SMILES string of the molecule is Cc1c(F)cc(C2CC2c2cnc(-c3ncccn3)nc2)cc1N1CCC(C)(C)C1. The lowest BCUT2D eigenvalue weighted by Gasteiger charge is -2.24. The summed E-state index contributed by atoms with van der Waals surface area (Å²) in [5, 5.41) is 0. The molecule has 1 saturated carbocycles. The lowest BCUT2D eigenvalue weighted by Crippen LogP contribution is -2.23. The molecule has 30 heavy (non-hydrogen) atoms. The zero-order valence-electron chi connectivity index (χ0n) is 17.6. The van der Waals surface area contributed by atoms with Crippen molar-refractivity contribution in [1.29, 1.82) is 0 Å². The first-order chi connectivity index (χ1) is 14.4. The van der Waals surface area contributed by atoms with Crippen LogP contribution in [0.3, 0.4) is 0 Å². The minimum atomic E-state index is -0.106. The number of aromatic nitrogens is 4. The van der Waals surface area contributed by atoms with Crippen LogP contribution in [0.5, 0.6) is 0 Å². The van der Waals surface area contributed by atoms with Gasteiger partial charge in [0.05, 0.1) is 0 Å². The molecule has 1 aromatic carbocycles. The zero-order chi connectivity index (χ0) is 20.9. The molecule has 5 rings (SSSR count). The molecule has 0 radical (unpaired) electrons. The van der Waals surface area contributed by atoms with Crippen molar-refractivity contribution < 1.29 is 4.39 Å². The summed E-state index contributed by atoms with van der Waals surface area (Å²) < 4.78 is 14.8. The molecule has 154 valence electrons. The smallest absolute Gasteiger partial charge is 0.197 e. The summed E-state index contributed by atoms with van der Waals surface area (Å²) in [5.74, 6) is 1.59. The standard InChI is InChI=1S/C24H26FN5/c1-15-20(25)9-16(10-21(15)30-8-5-24(2,3)14-30)18-11-19(18)17-12-28-23(29-13-17)22-26-6-4-7-27-22/h4,6-7,9-10,12-13,18-19H,5,8,11,14H2,1-3H3. The first-order valence-corrected chi connectivity index (χ1v) is 10.6. The Morgan fingerprint density at radius 1 is 0.967 bits per heavy atom. The van der Waals surface area contributed by atoms with Gasteiger partial charge in [-0.25, -0.2) is 24.3 Å². The molecule has 1 saturated heterocycles. The van der Waals surface area contributed by atoms with Crippen molar-refractivity contribution in [3.63, 3.8) is 0 Å². The highest BCUT2D eigenvalue weighted by Gasteiger charge is 2.41. The predicted molar refractivity (Wildman–Crippen MR) is 115 cm³/mol. The fraction of sp³-hybridized carbons (Fsp3) is 0.417. The monoisotopic (exact) mass is 403 g/mol. The van der Waals surface area contributed by atoms with Crippen LogP contribution in [-0.2, 0) is 0 Å².